The Morgan fingerprint density at radius 1 is 1.22 bits per heavy atom. The first-order valence-corrected chi connectivity index (χ1v) is 9.44. The number of anilines is 1. The molecule has 0 N–H and O–H groups in total. The zero-order valence-corrected chi connectivity index (χ0v) is 17.1. The Bertz CT molecular complexity index is 1010. The van der Waals surface area contributed by atoms with Crippen molar-refractivity contribution >= 4 is 40.5 Å². The highest BCUT2D eigenvalue weighted by atomic mass is 35.5. The van der Waals surface area contributed by atoms with Crippen molar-refractivity contribution in [1.29, 1.82) is 0 Å². The van der Waals surface area contributed by atoms with Gasteiger partial charge < -0.3 is 9.47 Å². The molecule has 0 aliphatic carbocycles. The number of hydrogen-bond donors (Lipinski definition) is 0. The number of rotatable bonds is 6. The number of aromatic nitrogens is 4. The van der Waals surface area contributed by atoms with Crippen LogP contribution in [0.25, 0.3) is 5.69 Å². The van der Waals surface area contributed by atoms with Gasteiger partial charge in [0.15, 0.2) is 0 Å². The van der Waals surface area contributed by atoms with Gasteiger partial charge in [-0.25, -0.2) is 4.98 Å². The molecule has 3 rings (SSSR count). The Morgan fingerprint density at radius 2 is 2.00 bits per heavy atom. The largest absolute Gasteiger partial charge is 0.372 e. The van der Waals surface area contributed by atoms with Gasteiger partial charge in [-0.05, 0) is 31.5 Å². The van der Waals surface area contributed by atoms with Crippen LogP contribution in [0.1, 0.15) is 12.2 Å². The van der Waals surface area contributed by atoms with E-state index >= 15 is 0 Å². The molecule has 0 saturated carbocycles. The predicted octanol–water partition coefficient (Wildman–Crippen LogP) is 4.22. The molecule has 3 aromatic rings. The van der Waals surface area contributed by atoms with Crippen LogP contribution >= 0.6 is 34.8 Å². The topological polar surface area (TPSA) is 56.0 Å². The van der Waals surface area contributed by atoms with Crippen LogP contribution in [-0.4, -0.2) is 32.9 Å². The molecule has 0 aliphatic rings. The summed E-state index contributed by atoms with van der Waals surface area (Å²) in [7, 11) is 1.88. The van der Waals surface area contributed by atoms with Gasteiger partial charge in [-0.1, -0.05) is 34.8 Å². The average molecular weight is 427 g/mol. The van der Waals surface area contributed by atoms with Crippen LogP contribution in [0.3, 0.4) is 0 Å². The molecule has 0 radical (unpaired) electrons. The van der Waals surface area contributed by atoms with Gasteiger partial charge in [-0.2, -0.15) is 9.78 Å². The van der Waals surface area contributed by atoms with Crippen molar-refractivity contribution in [1.82, 2.24) is 19.3 Å². The smallest absolute Gasteiger partial charge is 0.292 e. The second kappa shape index (κ2) is 8.33. The van der Waals surface area contributed by atoms with Crippen molar-refractivity contribution in [2.24, 2.45) is 0 Å². The number of halogens is 3. The monoisotopic (exact) mass is 425 g/mol. The van der Waals surface area contributed by atoms with E-state index < -0.39 is 5.56 Å². The highest BCUT2D eigenvalue weighted by Gasteiger charge is 2.15. The van der Waals surface area contributed by atoms with Crippen LogP contribution in [0.2, 0.25) is 15.1 Å². The summed E-state index contributed by atoms with van der Waals surface area (Å²) < 4.78 is 3.25. The van der Waals surface area contributed by atoms with Gasteiger partial charge in [0.2, 0.25) is 0 Å². The summed E-state index contributed by atoms with van der Waals surface area (Å²) in [6.45, 7) is 3.51. The predicted molar refractivity (Wildman–Crippen MR) is 110 cm³/mol. The third kappa shape index (κ3) is 4.29. The second-order valence-electron chi connectivity index (χ2n) is 6.10. The quantitative estimate of drug-likeness (QED) is 0.592. The Balaban J connectivity index is 1.78. The fourth-order valence-electron chi connectivity index (χ4n) is 2.75. The van der Waals surface area contributed by atoms with Crippen LogP contribution in [0, 0.1) is 6.92 Å². The van der Waals surface area contributed by atoms with Gasteiger partial charge in [0, 0.05) is 37.6 Å². The first-order chi connectivity index (χ1) is 12.9. The zero-order chi connectivity index (χ0) is 19.6. The lowest BCUT2D eigenvalue weighted by Crippen LogP contribution is -2.27. The lowest BCUT2D eigenvalue weighted by Gasteiger charge is -2.20. The molecular formula is C18H18Cl3N5O. The Labute approximate surface area is 171 Å². The average Bonchev–Trinajstić information content (AvgIpc) is 3.03. The summed E-state index contributed by atoms with van der Waals surface area (Å²) in [4.78, 5) is 18.8. The molecule has 142 valence electrons. The number of imidazole rings is 1. The van der Waals surface area contributed by atoms with Crippen LogP contribution in [0.5, 0.6) is 0 Å². The molecule has 0 aliphatic heterocycles. The lowest BCUT2D eigenvalue weighted by atomic mass is 10.3. The normalized spacial score (nSPS) is 11.0. The molecule has 0 saturated heterocycles. The van der Waals surface area contributed by atoms with Crippen LogP contribution in [0.15, 0.2) is 41.6 Å². The van der Waals surface area contributed by atoms with Gasteiger partial charge in [0.25, 0.3) is 5.56 Å². The summed E-state index contributed by atoms with van der Waals surface area (Å²) in [5.41, 5.74) is 0.568. The van der Waals surface area contributed by atoms with Crippen molar-refractivity contribution in [2.45, 2.75) is 19.9 Å². The summed E-state index contributed by atoms with van der Waals surface area (Å²) in [6.07, 6.45) is 6.16. The number of nitrogens with zero attached hydrogens (tertiary/aromatic N) is 5. The number of hydrogen-bond acceptors (Lipinski definition) is 4. The Morgan fingerprint density at radius 3 is 2.67 bits per heavy atom. The minimum atomic E-state index is -0.435. The molecular weight excluding hydrogens is 409 g/mol. The van der Waals surface area contributed by atoms with Gasteiger partial charge in [0.05, 0.1) is 22.6 Å². The summed E-state index contributed by atoms with van der Waals surface area (Å²) >= 11 is 18.4. The molecule has 2 heterocycles. The van der Waals surface area contributed by atoms with Gasteiger partial charge in [-0.3, -0.25) is 4.79 Å². The van der Waals surface area contributed by atoms with E-state index in [9.17, 15) is 4.79 Å². The third-order valence-corrected chi connectivity index (χ3v) is 5.16. The highest BCUT2D eigenvalue weighted by molar-refractivity contribution is 6.36. The van der Waals surface area contributed by atoms with Crippen molar-refractivity contribution in [3.63, 3.8) is 0 Å². The van der Waals surface area contributed by atoms with E-state index in [0.29, 0.717) is 28.0 Å². The fourth-order valence-corrected chi connectivity index (χ4v) is 3.52. The van der Waals surface area contributed by atoms with Crippen LogP contribution in [0.4, 0.5) is 5.69 Å². The van der Waals surface area contributed by atoms with Crippen molar-refractivity contribution in [2.75, 3.05) is 18.5 Å². The van der Waals surface area contributed by atoms with Crippen LogP contribution in [-0.2, 0) is 6.54 Å². The van der Waals surface area contributed by atoms with E-state index in [1.807, 2.05) is 25.1 Å². The SMILES string of the molecule is Cc1nccn1CCCN(C)c1cnn(-c2ccc(Cl)cc2Cl)c(=O)c1Cl. The molecule has 0 unspecified atom stereocenters. The van der Waals surface area contributed by atoms with Gasteiger partial charge in [-0.15, -0.1) is 0 Å². The van der Waals surface area contributed by atoms with E-state index in [0.717, 1.165) is 18.8 Å². The number of aryl methyl sites for hydroxylation is 2. The molecule has 9 heteroatoms. The van der Waals surface area contributed by atoms with Gasteiger partial charge in [0.1, 0.15) is 10.8 Å². The molecule has 0 bridgehead atoms. The summed E-state index contributed by atoms with van der Waals surface area (Å²) in [5, 5.41) is 5.13. The maximum atomic E-state index is 12.7. The molecule has 0 spiro atoms. The molecule has 6 nitrogen and oxygen atoms in total. The van der Waals surface area contributed by atoms with E-state index in [4.69, 9.17) is 34.8 Å². The van der Waals surface area contributed by atoms with Crippen molar-refractivity contribution in [3.8, 4) is 5.69 Å². The first kappa shape index (κ1) is 19.7. The van der Waals surface area contributed by atoms with E-state index in [1.165, 1.54) is 4.68 Å². The summed E-state index contributed by atoms with van der Waals surface area (Å²) in [5.74, 6) is 0.972. The molecule has 0 fully saturated rings. The van der Waals surface area contributed by atoms with Crippen molar-refractivity contribution < 1.29 is 0 Å². The van der Waals surface area contributed by atoms with E-state index in [2.05, 4.69) is 14.6 Å². The van der Waals surface area contributed by atoms with Crippen molar-refractivity contribution in [3.05, 3.63) is 68.0 Å². The second-order valence-corrected chi connectivity index (χ2v) is 7.32. The Hall–Kier alpha value is -2.02. The first-order valence-electron chi connectivity index (χ1n) is 8.30. The minimum Gasteiger partial charge on any atom is -0.372 e. The Kier molecular flexibility index (Phi) is 6.09. The zero-order valence-electron chi connectivity index (χ0n) is 14.9. The fraction of sp³-hybridized carbons (Fsp3) is 0.278. The lowest BCUT2D eigenvalue weighted by molar-refractivity contribution is 0.621. The molecule has 27 heavy (non-hydrogen) atoms. The molecule has 1 aromatic carbocycles. The highest BCUT2D eigenvalue weighted by Crippen LogP contribution is 2.25. The third-order valence-electron chi connectivity index (χ3n) is 4.27. The molecule has 0 atom stereocenters. The van der Waals surface area contributed by atoms with Crippen LogP contribution < -0.4 is 10.5 Å². The molecule has 2 aromatic heterocycles. The van der Waals surface area contributed by atoms with E-state index in [-0.39, 0.29) is 5.02 Å². The maximum absolute atomic E-state index is 12.7. The summed E-state index contributed by atoms with van der Waals surface area (Å²) in [6, 6.07) is 4.83. The van der Waals surface area contributed by atoms with E-state index in [1.54, 1.807) is 30.6 Å². The van der Waals surface area contributed by atoms with Gasteiger partial charge >= 0.3 is 0 Å². The maximum Gasteiger partial charge on any atom is 0.292 e. The minimum absolute atomic E-state index is 0.0947. The number of benzene rings is 1. The molecule has 0 amide bonds. The standard InChI is InChI=1S/C18H18Cl3N5O/c1-12-22-6-9-25(12)8-3-7-24(2)16-11-23-26(18(27)17(16)21)15-5-4-13(19)10-14(15)20/h4-6,9-11H,3,7-8H2,1-2H3.